The molecule has 0 aromatic heterocycles. The molecular weight excluding hydrogens is 160 g/mol. The Morgan fingerprint density at radius 2 is 2.25 bits per heavy atom. The van der Waals surface area contributed by atoms with Crippen molar-refractivity contribution in [3.63, 3.8) is 0 Å². The van der Waals surface area contributed by atoms with E-state index in [2.05, 4.69) is 4.74 Å². The SMILES string of the molecule is CC1(C)COC=COC(=O)[C@@H]1O. The zero-order valence-corrected chi connectivity index (χ0v) is 7.11. The Hall–Kier alpha value is -1.03. The van der Waals surface area contributed by atoms with E-state index >= 15 is 0 Å². The fraction of sp³-hybridized carbons (Fsp3) is 0.625. The molecule has 0 saturated carbocycles. The summed E-state index contributed by atoms with van der Waals surface area (Å²) in [6.07, 6.45) is 1.29. The molecule has 0 amide bonds. The molecule has 0 bridgehead atoms. The maximum Gasteiger partial charge on any atom is 0.340 e. The van der Waals surface area contributed by atoms with E-state index in [9.17, 15) is 9.90 Å². The molecule has 0 aromatic carbocycles. The van der Waals surface area contributed by atoms with E-state index < -0.39 is 17.5 Å². The van der Waals surface area contributed by atoms with E-state index in [0.717, 1.165) is 6.26 Å². The Labute approximate surface area is 70.8 Å². The molecule has 0 unspecified atom stereocenters. The maximum atomic E-state index is 11.0. The zero-order chi connectivity index (χ0) is 9.19. The molecular formula is C8H12O4. The first-order valence-corrected chi connectivity index (χ1v) is 3.69. The molecule has 1 aliphatic heterocycles. The minimum absolute atomic E-state index is 0.291. The largest absolute Gasteiger partial charge is 0.497 e. The Morgan fingerprint density at radius 3 is 2.92 bits per heavy atom. The zero-order valence-electron chi connectivity index (χ0n) is 7.11. The maximum absolute atomic E-state index is 11.0. The summed E-state index contributed by atoms with van der Waals surface area (Å²) in [5.41, 5.74) is -0.609. The summed E-state index contributed by atoms with van der Waals surface area (Å²) in [4.78, 5) is 11.0. The van der Waals surface area contributed by atoms with Gasteiger partial charge in [0.15, 0.2) is 6.10 Å². The lowest BCUT2D eigenvalue weighted by atomic mass is 9.87. The van der Waals surface area contributed by atoms with E-state index in [1.54, 1.807) is 13.8 Å². The summed E-state index contributed by atoms with van der Waals surface area (Å²) >= 11 is 0. The number of aliphatic hydroxyl groups is 1. The van der Waals surface area contributed by atoms with Crippen molar-refractivity contribution in [2.75, 3.05) is 6.61 Å². The van der Waals surface area contributed by atoms with Gasteiger partial charge in [0, 0.05) is 5.41 Å². The molecule has 1 N–H and O–H groups in total. The van der Waals surface area contributed by atoms with Crippen molar-refractivity contribution in [3.8, 4) is 0 Å². The number of esters is 1. The van der Waals surface area contributed by atoms with Crippen LogP contribution in [0.15, 0.2) is 12.5 Å². The van der Waals surface area contributed by atoms with Crippen LogP contribution < -0.4 is 0 Å². The smallest absolute Gasteiger partial charge is 0.340 e. The highest BCUT2D eigenvalue weighted by atomic mass is 16.6. The van der Waals surface area contributed by atoms with E-state index in [4.69, 9.17) is 4.74 Å². The number of carbonyl (C=O) groups is 1. The summed E-state index contributed by atoms with van der Waals surface area (Å²) in [5.74, 6) is -0.639. The third-order valence-corrected chi connectivity index (χ3v) is 1.75. The molecule has 0 fully saturated rings. The summed E-state index contributed by atoms with van der Waals surface area (Å²) in [5, 5.41) is 9.42. The van der Waals surface area contributed by atoms with Crippen molar-refractivity contribution >= 4 is 5.97 Å². The van der Waals surface area contributed by atoms with Gasteiger partial charge in [0.1, 0.15) is 12.5 Å². The number of rotatable bonds is 0. The standard InChI is InChI=1S/C8H12O4/c1-8(2)5-11-3-4-12-7(10)6(8)9/h3-4,6,9H,5H2,1-2H3/t6-/m0/s1. The fourth-order valence-electron chi connectivity index (χ4n) is 0.859. The van der Waals surface area contributed by atoms with Gasteiger partial charge in [0.2, 0.25) is 0 Å². The van der Waals surface area contributed by atoms with Crippen LogP contribution in [0.3, 0.4) is 0 Å². The molecule has 4 heteroatoms. The molecule has 0 spiro atoms. The number of cyclic esters (lactones) is 1. The lowest BCUT2D eigenvalue weighted by Crippen LogP contribution is -2.40. The highest BCUT2D eigenvalue weighted by Crippen LogP contribution is 2.23. The molecule has 0 radical (unpaired) electrons. The second-order valence-electron chi connectivity index (χ2n) is 3.41. The van der Waals surface area contributed by atoms with Crippen LogP contribution in [0, 0.1) is 5.41 Å². The van der Waals surface area contributed by atoms with Crippen molar-refractivity contribution < 1.29 is 19.4 Å². The topological polar surface area (TPSA) is 55.8 Å². The van der Waals surface area contributed by atoms with Crippen molar-refractivity contribution in [1.82, 2.24) is 0 Å². The van der Waals surface area contributed by atoms with Gasteiger partial charge in [0.25, 0.3) is 0 Å². The van der Waals surface area contributed by atoms with Gasteiger partial charge in [-0.1, -0.05) is 13.8 Å². The van der Waals surface area contributed by atoms with Crippen molar-refractivity contribution in [2.24, 2.45) is 5.41 Å². The second-order valence-corrected chi connectivity index (χ2v) is 3.41. The second kappa shape index (κ2) is 3.15. The predicted molar refractivity (Wildman–Crippen MR) is 41.0 cm³/mol. The van der Waals surface area contributed by atoms with E-state index in [-0.39, 0.29) is 0 Å². The van der Waals surface area contributed by atoms with Crippen LogP contribution in [0.2, 0.25) is 0 Å². The Bertz CT molecular complexity index is 207. The highest BCUT2D eigenvalue weighted by molar-refractivity contribution is 5.76. The molecule has 4 nitrogen and oxygen atoms in total. The predicted octanol–water partition coefficient (Wildman–Crippen LogP) is 0.418. The molecule has 0 saturated heterocycles. The van der Waals surface area contributed by atoms with E-state index in [1.807, 2.05) is 0 Å². The molecule has 68 valence electrons. The lowest BCUT2D eigenvalue weighted by molar-refractivity contribution is -0.158. The number of ether oxygens (including phenoxy) is 2. The summed E-state index contributed by atoms with van der Waals surface area (Å²) in [6, 6.07) is 0. The number of hydrogen-bond acceptors (Lipinski definition) is 4. The van der Waals surface area contributed by atoms with Crippen LogP contribution in [-0.2, 0) is 14.3 Å². The molecule has 0 aromatic rings. The van der Waals surface area contributed by atoms with Crippen LogP contribution in [0.25, 0.3) is 0 Å². The van der Waals surface area contributed by atoms with Crippen molar-refractivity contribution in [3.05, 3.63) is 12.5 Å². The molecule has 1 rings (SSSR count). The van der Waals surface area contributed by atoms with Crippen molar-refractivity contribution in [1.29, 1.82) is 0 Å². The van der Waals surface area contributed by atoms with Crippen LogP contribution >= 0.6 is 0 Å². The first-order valence-electron chi connectivity index (χ1n) is 3.69. The quantitative estimate of drug-likeness (QED) is 0.538. The van der Waals surface area contributed by atoms with Gasteiger partial charge < -0.3 is 14.6 Å². The Morgan fingerprint density at radius 1 is 1.58 bits per heavy atom. The van der Waals surface area contributed by atoms with Gasteiger partial charge in [-0.05, 0) is 0 Å². The highest BCUT2D eigenvalue weighted by Gasteiger charge is 2.36. The van der Waals surface area contributed by atoms with E-state index in [1.165, 1.54) is 6.26 Å². The van der Waals surface area contributed by atoms with E-state index in [0.29, 0.717) is 6.61 Å². The van der Waals surface area contributed by atoms with Gasteiger partial charge in [0.05, 0.1) is 6.61 Å². The van der Waals surface area contributed by atoms with Gasteiger partial charge in [-0.2, -0.15) is 0 Å². The first-order chi connectivity index (χ1) is 5.54. The number of hydrogen-bond donors (Lipinski definition) is 1. The minimum Gasteiger partial charge on any atom is -0.497 e. The number of carbonyl (C=O) groups excluding carboxylic acids is 1. The fourth-order valence-corrected chi connectivity index (χ4v) is 0.859. The number of aliphatic hydroxyl groups excluding tert-OH is 1. The van der Waals surface area contributed by atoms with Gasteiger partial charge in [-0.25, -0.2) is 4.79 Å². The summed E-state index contributed by atoms with van der Waals surface area (Å²) < 4.78 is 9.53. The minimum atomic E-state index is -1.14. The molecule has 12 heavy (non-hydrogen) atoms. The summed E-state index contributed by atoms with van der Waals surface area (Å²) in [7, 11) is 0. The third-order valence-electron chi connectivity index (χ3n) is 1.75. The average molecular weight is 172 g/mol. The van der Waals surface area contributed by atoms with Gasteiger partial charge in [-0.3, -0.25) is 0 Å². The van der Waals surface area contributed by atoms with Crippen LogP contribution in [-0.4, -0.2) is 23.8 Å². The normalized spacial score (nSPS) is 28.2. The monoisotopic (exact) mass is 172 g/mol. The molecule has 1 aliphatic rings. The summed E-state index contributed by atoms with van der Waals surface area (Å²) in [6.45, 7) is 3.76. The average Bonchev–Trinajstić information content (AvgIpc) is 2.00. The van der Waals surface area contributed by atoms with Gasteiger partial charge in [-0.15, -0.1) is 0 Å². The first kappa shape index (κ1) is 9.06. The Balaban J connectivity index is 2.78. The van der Waals surface area contributed by atoms with Crippen LogP contribution in [0.1, 0.15) is 13.8 Å². The van der Waals surface area contributed by atoms with Crippen LogP contribution in [0.4, 0.5) is 0 Å². The Kier molecular flexibility index (Phi) is 2.38. The lowest BCUT2D eigenvalue weighted by Gasteiger charge is -2.28. The molecule has 0 aliphatic carbocycles. The molecule has 1 heterocycles. The van der Waals surface area contributed by atoms with Crippen molar-refractivity contribution in [2.45, 2.75) is 20.0 Å². The van der Waals surface area contributed by atoms with Gasteiger partial charge >= 0.3 is 5.97 Å². The third kappa shape index (κ3) is 1.76. The molecule has 1 atom stereocenters. The van der Waals surface area contributed by atoms with Crippen LogP contribution in [0.5, 0.6) is 0 Å².